The number of ether oxygens (including phenoxy) is 1. The molecule has 0 heterocycles. The summed E-state index contributed by atoms with van der Waals surface area (Å²) >= 11 is 0. The van der Waals surface area contributed by atoms with Crippen LogP contribution in [0.3, 0.4) is 0 Å². The number of fused-ring (bicyclic) bond motifs is 5. The van der Waals surface area contributed by atoms with Crippen molar-refractivity contribution in [1.29, 1.82) is 5.41 Å². The van der Waals surface area contributed by atoms with E-state index in [1.54, 1.807) is 0 Å². The predicted octanol–water partition coefficient (Wildman–Crippen LogP) is 3.34. The monoisotopic (exact) mass is 474 g/mol. The van der Waals surface area contributed by atoms with E-state index in [0.717, 1.165) is 76.5 Å². The molecule has 4 aliphatic carbocycles. The van der Waals surface area contributed by atoms with E-state index >= 15 is 0 Å². The smallest absolute Gasteiger partial charge is 0.211 e. The first-order valence-corrected chi connectivity index (χ1v) is 13.2. The van der Waals surface area contributed by atoms with Gasteiger partial charge in [-0.15, -0.1) is 5.10 Å². The van der Waals surface area contributed by atoms with E-state index in [4.69, 9.17) is 21.6 Å². The van der Waals surface area contributed by atoms with Gasteiger partial charge in [0.1, 0.15) is 0 Å². The van der Waals surface area contributed by atoms with Gasteiger partial charge < -0.3 is 26.2 Å². The van der Waals surface area contributed by atoms with Gasteiger partial charge in [-0.05, 0) is 101 Å². The van der Waals surface area contributed by atoms with E-state index in [-0.39, 0.29) is 22.7 Å². The summed E-state index contributed by atoms with van der Waals surface area (Å²) in [6.45, 7) is 6.24. The average Bonchev–Trinajstić information content (AvgIpc) is 3.06. The molecule has 0 aromatic rings. The van der Waals surface area contributed by atoms with E-state index in [1.165, 1.54) is 0 Å². The number of hydrogen-bond acceptors (Lipinski definition) is 6. The predicted molar refractivity (Wildman–Crippen MR) is 137 cm³/mol. The molecular formula is C26H46N6O2. The first-order chi connectivity index (χ1) is 16.0. The molecule has 4 aliphatic rings. The molecule has 2 unspecified atom stereocenters. The summed E-state index contributed by atoms with van der Waals surface area (Å²) in [5, 5.41) is 29.3. The Morgan fingerprint density at radius 2 is 1.88 bits per heavy atom. The van der Waals surface area contributed by atoms with Crippen LogP contribution in [0.2, 0.25) is 0 Å². The highest BCUT2D eigenvalue weighted by molar-refractivity contribution is 5.86. The van der Waals surface area contributed by atoms with Crippen molar-refractivity contribution >= 4 is 17.6 Å². The summed E-state index contributed by atoms with van der Waals surface area (Å²) in [7, 11) is 4.11. The molecule has 4 saturated carbocycles. The van der Waals surface area contributed by atoms with Gasteiger partial charge in [0, 0.05) is 23.6 Å². The molecule has 0 aliphatic heterocycles. The summed E-state index contributed by atoms with van der Waals surface area (Å²) in [4.78, 5) is 2.14. The lowest BCUT2D eigenvalue weighted by Crippen LogP contribution is -2.62. The SMILES string of the molecule is CN(C)CCCOC(=N)C1CC[C@@]2(O)[C@@H]3CCC4CC(=NN=C(N)N)CC[C@]4(C)[C@@H]3CC[C@]12C. The molecular weight excluding hydrogens is 428 g/mol. The van der Waals surface area contributed by atoms with Crippen molar-refractivity contribution in [3.63, 3.8) is 0 Å². The summed E-state index contributed by atoms with van der Waals surface area (Å²) in [5.41, 5.74) is 11.3. The summed E-state index contributed by atoms with van der Waals surface area (Å²) < 4.78 is 5.93. The molecule has 0 saturated heterocycles. The van der Waals surface area contributed by atoms with E-state index in [2.05, 4.69) is 43.0 Å². The van der Waals surface area contributed by atoms with E-state index < -0.39 is 5.60 Å². The molecule has 0 amide bonds. The number of nitrogens with two attached hydrogens (primary N) is 2. The Labute approximate surface area is 205 Å². The van der Waals surface area contributed by atoms with Gasteiger partial charge in [0.2, 0.25) is 5.96 Å². The Balaban J connectivity index is 1.47. The first-order valence-electron chi connectivity index (χ1n) is 13.2. The van der Waals surface area contributed by atoms with Gasteiger partial charge in [-0.1, -0.05) is 13.8 Å². The quantitative estimate of drug-likeness (QED) is 0.203. The number of rotatable bonds is 6. The van der Waals surface area contributed by atoms with Crippen LogP contribution in [0.15, 0.2) is 10.2 Å². The van der Waals surface area contributed by atoms with Crippen molar-refractivity contribution < 1.29 is 9.84 Å². The molecule has 0 radical (unpaired) electrons. The molecule has 4 fully saturated rings. The summed E-state index contributed by atoms with van der Waals surface area (Å²) in [6, 6.07) is 0. The topological polar surface area (TPSA) is 133 Å². The van der Waals surface area contributed by atoms with E-state index in [1.807, 2.05) is 0 Å². The Morgan fingerprint density at radius 1 is 1.12 bits per heavy atom. The van der Waals surface area contributed by atoms with Crippen molar-refractivity contribution in [1.82, 2.24) is 4.90 Å². The second-order valence-electron chi connectivity index (χ2n) is 12.2. The second-order valence-corrected chi connectivity index (χ2v) is 12.2. The lowest BCUT2D eigenvalue weighted by Gasteiger charge is -2.63. The van der Waals surface area contributed by atoms with Crippen LogP contribution >= 0.6 is 0 Å². The standard InChI is InChI=1S/C26H46N6O2/c1-24-11-8-18(30-31-23(28)29)16-17(24)6-7-20-19(24)9-12-25(2)21(10-13-26(20,25)33)22(27)34-15-5-14-32(3)4/h17,19-21,27,33H,5-16H2,1-4H3,(H4,28,29,31)/t17?,19-,20-,21?,24+,25-,26-/m1/s1. The van der Waals surface area contributed by atoms with Crippen LogP contribution in [-0.2, 0) is 4.74 Å². The maximum Gasteiger partial charge on any atom is 0.211 e. The average molecular weight is 475 g/mol. The van der Waals surface area contributed by atoms with Gasteiger partial charge in [0.15, 0.2) is 5.90 Å². The molecule has 0 spiro atoms. The summed E-state index contributed by atoms with van der Waals surface area (Å²) in [6.07, 6.45) is 9.79. The van der Waals surface area contributed by atoms with Gasteiger partial charge in [-0.3, -0.25) is 5.41 Å². The molecule has 0 aromatic carbocycles. The zero-order valence-electron chi connectivity index (χ0n) is 21.6. The molecule has 0 aromatic heterocycles. The second kappa shape index (κ2) is 9.41. The maximum atomic E-state index is 12.3. The highest BCUT2D eigenvalue weighted by atomic mass is 16.5. The molecule has 4 rings (SSSR count). The normalized spacial score (nSPS) is 42.6. The van der Waals surface area contributed by atoms with Crippen LogP contribution in [-0.4, -0.2) is 60.4 Å². The fourth-order valence-electron chi connectivity index (χ4n) is 8.33. The molecule has 0 bridgehead atoms. The number of guanidine groups is 1. The summed E-state index contributed by atoms with van der Waals surface area (Å²) in [5.74, 6) is 1.82. The highest BCUT2D eigenvalue weighted by Gasteiger charge is 2.68. The Bertz CT molecular complexity index is 839. The fraction of sp³-hybridized carbons (Fsp3) is 0.885. The highest BCUT2D eigenvalue weighted by Crippen LogP contribution is 2.69. The number of hydrogen-bond donors (Lipinski definition) is 4. The third kappa shape index (κ3) is 4.25. The van der Waals surface area contributed by atoms with Gasteiger partial charge in [0.25, 0.3) is 0 Å². The van der Waals surface area contributed by atoms with E-state index in [0.29, 0.717) is 30.3 Å². The zero-order chi connectivity index (χ0) is 24.7. The van der Waals surface area contributed by atoms with Crippen LogP contribution in [0, 0.1) is 39.9 Å². The fourth-order valence-corrected chi connectivity index (χ4v) is 8.33. The number of aliphatic hydroxyl groups is 1. The van der Waals surface area contributed by atoms with Crippen molar-refractivity contribution in [2.75, 3.05) is 27.2 Å². The Kier molecular flexibility index (Phi) is 7.04. The lowest BCUT2D eigenvalue weighted by molar-refractivity contribution is -0.199. The van der Waals surface area contributed by atoms with Crippen molar-refractivity contribution in [3.8, 4) is 0 Å². The minimum atomic E-state index is -0.708. The Hall–Kier alpha value is -1.67. The van der Waals surface area contributed by atoms with Crippen LogP contribution in [0.5, 0.6) is 0 Å². The van der Waals surface area contributed by atoms with Crippen LogP contribution in [0.1, 0.15) is 78.1 Å². The van der Waals surface area contributed by atoms with Gasteiger partial charge >= 0.3 is 0 Å². The largest absolute Gasteiger partial charge is 0.481 e. The molecule has 8 nitrogen and oxygen atoms in total. The van der Waals surface area contributed by atoms with Crippen LogP contribution < -0.4 is 11.5 Å². The van der Waals surface area contributed by atoms with Gasteiger partial charge in [-0.25, -0.2) is 0 Å². The molecule has 192 valence electrons. The van der Waals surface area contributed by atoms with Crippen molar-refractivity contribution in [2.45, 2.75) is 83.7 Å². The minimum Gasteiger partial charge on any atom is -0.481 e. The third-order valence-electron chi connectivity index (χ3n) is 10.3. The minimum absolute atomic E-state index is 0.0152. The van der Waals surface area contributed by atoms with Gasteiger partial charge in [0.05, 0.1) is 12.2 Å². The lowest BCUT2D eigenvalue weighted by atomic mass is 9.43. The maximum absolute atomic E-state index is 12.3. The molecule has 7 atom stereocenters. The van der Waals surface area contributed by atoms with Crippen LogP contribution in [0.4, 0.5) is 0 Å². The number of nitrogens with zero attached hydrogens (tertiary/aromatic N) is 3. The molecule has 34 heavy (non-hydrogen) atoms. The zero-order valence-corrected chi connectivity index (χ0v) is 21.6. The van der Waals surface area contributed by atoms with Crippen molar-refractivity contribution in [3.05, 3.63) is 0 Å². The first kappa shape index (κ1) is 25.4. The van der Waals surface area contributed by atoms with Crippen LogP contribution in [0.25, 0.3) is 0 Å². The number of nitrogens with one attached hydrogen (secondary N) is 1. The molecule has 8 heteroatoms. The van der Waals surface area contributed by atoms with Crippen molar-refractivity contribution in [2.24, 2.45) is 56.2 Å². The molecule has 6 N–H and O–H groups in total. The third-order valence-corrected chi connectivity index (χ3v) is 10.3. The van der Waals surface area contributed by atoms with E-state index in [9.17, 15) is 5.11 Å². The Morgan fingerprint density at radius 3 is 2.59 bits per heavy atom. The van der Waals surface area contributed by atoms with Gasteiger partial charge in [-0.2, -0.15) is 5.10 Å².